The van der Waals surface area contributed by atoms with Crippen molar-refractivity contribution >= 4 is 29.2 Å². The molecular formula is C26H24Cl2F2N2O3. The van der Waals surface area contributed by atoms with E-state index in [0.29, 0.717) is 19.3 Å². The average molecular weight is 521 g/mol. The lowest BCUT2D eigenvalue weighted by atomic mass is 9.59. The number of allylic oxidation sites excluding steroid dienone is 2. The van der Waals surface area contributed by atoms with E-state index in [2.05, 4.69) is 11.4 Å². The first kappa shape index (κ1) is 25.6. The van der Waals surface area contributed by atoms with Crippen molar-refractivity contribution in [2.75, 3.05) is 0 Å². The molecule has 3 N–H and O–H groups in total. The second kappa shape index (κ2) is 9.51. The minimum Gasteiger partial charge on any atom is -0.480 e. The average Bonchev–Trinajstić information content (AvgIpc) is 3.18. The Hall–Kier alpha value is -2.50. The van der Waals surface area contributed by atoms with Crippen LogP contribution in [0.15, 0.2) is 48.6 Å². The van der Waals surface area contributed by atoms with E-state index in [1.54, 1.807) is 0 Å². The number of hydrogen-bond acceptors (Lipinski definition) is 4. The molecule has 1 heterocycles. The largest absolute Gasteiger partial charge is 0.480 e. The van der Waals surface area contributed by atoms with Gasteiger partial charge >= 0.3 is 5.97 Å². The van der Waals surface area contributed by atoms with Gasteiger partial charge in [0.2, 0.25) is 0 Å². The molecule has 0 amide bonds. The van der Waals surface area contributed by atoms with Crippen LogP contribution < -0.4 is 5.32 Å². The molecule has 0 saturated carbocycles. The van der Waals surface area contributed by atoms with Crippen LogP contribution in [0.25, 0.3) is 0 Å². The maximum absolute atomic E-state index is 15.5. The van der Waals surface area contributed by atoms with E-state index in [1.807, 2.05) is 12.2 Å². The Morgan fingerprint density at radius 1 is 1.26 bits per heavy atom. The van der Waals surface area contributed by atoms with Gasteiger partial charge in [0.05, 0.1) is 22.7 Å². The predicted octanol–water partition coefficient (Wildman–Crippen LogP) is 5.35. The van der Waals surface area contributed by atoms with Gasteiger partial charge in [0.1, 0.15) is 23.1 Å². The molecule has 1 aliphatic carbocycles. The number of halogens is 4. The van der Waals surface area contributed by atoms with Crippen LogP contribution in [-0.4, -0.2) is 33.9 Å². The van der Waals surface area contributed by atoms with Gasteiger partial charge in [0.15, 0.2) is 0 Å². The van der Waals surface area contributed by atoms with Crippen LogP contribution in [0.2, 0.25) is 10.0 Å². The first-order chi connectivity index (χ1) is 16.6. The molecule has 4 rings (SSSR count). The maximum Gasteiger partial charge on any atom is 0.321 e. The van der Waals surface area contributed by atoms with Crippen LogP contribution >= 0.6 is 23.2 Å². The number of carbonyl (C=O) groups is 1. The fraction of sp³-hybridized carbons (Fsp3) is 0.385. The molecule has 1 fully saturated rings. The number of benzene rings is 2. The zero-order valence-electron chi connectivity index (χ0n) is 18.8. The summed E-state index contributed by atoms with van der Waals surface area (Å²) in [5.74, 6) is -4.91. The van der Waals surface area contributed by atoms with Crippen molar-refractivity contribution in [3.8, 4) is 6.07 Å². The maximum atomic E-state index is 15.5. The van der Waals surface area contributed by atoms with Crippen molar-refractivity contribution in [3.05, 3.63) is 81.4 Å². The van der Waals surface area contributed by atoms with Gasteiger partial charge in [0.25, 0.3) is 0 Å². The topological polar surface area (TPSA) is 93.3 Å². The highest BCUT2D eigenvalue weighted by molar-refractivity contribution is 6.31. The minimum absolute atomic E-state index is 0.0753. The Kier molecular flexibility index (Phi) is 6.96. The number of carboxylic acids is 1. The van der Waals surface area contributed by atoms with Crippen LogP contribution in [0.1, 0.15) is 43.2 Å². The summed E-state index contributed by atoms with van der Waals surface area (Å²) in [5.41, 5.74) is -4.02. The third-order valence-electron chi connectivity index (χ3n) is 7.45. The zero-order chi connectivity index (χ0) is 25.5. The van der Waals surface area contributed by atoms with Gasteiger partial charge in [-0.1, -0.05) is 53.6 Å². The van der Waals surface area contributed by atoms with E-state index in [4.69, 9.17) is 23.2 Å². The molecule has 2 aromatic carbocycles. The van der Waals surface area contributed by atoms with Crippen LogP contribution in [0.3, 0.4) is 0 Å². The predicted molar refractivity (Wildman–Crippen MR) is 128 cm³/mol. The van der Waals surface area contributed by atoms with E-state index < -0.39 is 46.6 Å². The second-order valence-electron chi connectivity index (χ2n) is 9.35. The lowest BCUT2D eigenvalue weighted by molar-refractivity contribution is -0.139. The Balaban J connectivity index is 2.04. The standard InChI is InChI=1S/C26H24Cl2F2N2O3/c1-25(35,14-6-3-2-4-7-14)24-26(13-31,17-11-10-15(27)12-19(17)29)20(22(32-24)23(33)34)16-8-5-9-18(28)21(16)30/h2-3,5,8-12,14,20,22,24,32,35H,4,6-7H2,1H3,(H,33,34)/t14?,20-,22+,24+,25?,26+/m0/s1. The van der Waals surface area contributed by atoms with E-state index >= 15 is 8.78 Å². The Bertz CT molecular complexity index is 1230. The quantitative estimate of drug-likeness (QED) is 0.462. The third kappa shape index (κ3) is 4.13. The number of aliphatic hydroxyl groups is 1. The molecule has 1 saturated heterocycles. The molecule has 5 nitrogen and oxygen atoms in total. The first-order valence-corrected chi connectivity index (χ1v) is 12.0. The summed E-state index contributed by atoms with van der Waals surface area (Å²) < 4.78 is 30.9. The van der Waals surface area contributed by atoms with Gasteiger partial charge in [-0.25, -0.2) is 8.78 Å². The Labute approximate surface area is 212 Å². The number of carboxylic acid groups (broad SMARTS) is 1. The summed E-state index contributed by atoms with van der Waals surface area (Å²) in [6.07, 6.45) is 5.66. The molecule has 2 unspecified atom stereocenters. The Morgan fingerprint density at radius 2 is 2.00 bits per heavy atom. The highest BCUT2D eigenvalue weighted by Crippen LogP contribution is 2.54. The van der Waals surface area contributed by atoms with Gasteiger partial charge in [0, 0.05) is 16.5 Å². The smallest absolute Gasteiger partial charge is 0.321 e. The van der Waals surface area contributed by atoms with Crippen molar-refractivity contribution in [2.24, 2.45) is 5.92 Å². The molecule has 35 heavy (non-hydrogen) atoms. The van der Waals surface area contributed by atoms with Crippen molar-refractivity contribution in [2.45, 2.75) is 55.2 Å². The fourth-order valence-corrected chi connectivity index (χ4v) is 6.12. The number of rotatable bonds is 5. The molecule has 2 aliphatic rings. The number of nitrogens with one attached hydrogen (secondary N) is 1. The molecule has 184 valence electrons. The first-order valence-electron chi connectivity index (χ1n) is 11.2. The summed E-state index contributed by atoms with van der Waals surface area (Å²) in [4.78, 5) is 12.5. The summed E-state index contributed by atoms with van der Waals surface area (Å²) in [5, 5.41) is 35.5. The van der Waals surface area contributed by atoms with Crippen molar-refractivity contribution in [1.82, 2.24) is 5.32 Å². The van der Waals surface area contributed by atoms with Crippen LogP contribution in [0.4, 0.5) is 8.78 Å². The summed E-state index contributed by atoms with van der Waals surface area (Å²) in [6, 6.07) is 7.13. The normalized spacial score (nSPS) is 30.0. The van der Waals surface area contributed by atoms with Crippen LogP contribution in [0.5, 0.6) is 0 Å². The minimum atomic E-state index is -2.02. The summed E-state index contributed by atoms with van der Waals surface area (Å²) in [7, 11) is 0. The molecule has 0 bridgehead atoms. The van der Waals surface area contributed by atoms with E-state index in [9.17, 15) is 20.3 Å². The molecule has 9 heteroatoms. The van der Waals surface area contributed by atoms with Crippen molar-refractivity contribution < 1.29 is 23.8 Å². The molecule has 6 atom stereocenters. The highest BCUT2D eigenvalue weighted by atomic mass is 35.5. The number of hydrogen-bond donors (Lipinski definition) is 3. The number of aliphatic carboxylic acids is 1. The SMILES string of the molecule is CC(O)(C1CC=CCC1)[C@H]1N[C@@H](C(=O)O)[C@H](c2cccc(Cl)c2F)[C@@]1(C#N)c1ccc(Cl)cc1F. The van der Waals surface area contributed by atoms with E-state index in [1.165, 1.54) is 37.3 Å². The molecule has 1 aliphatic heterocycles. The van der Waals surface area contributed by atoms with E-state index in [-0.39, 0.29) is 27.1 Å². The second-order valence-corrected chi connectivity index (χ2v) is 10.2. The van der Waals surface area contributed by atoms with Crippen LogP contribution in [0, 0.1) is 28.9 Å². The lowest BCUT2D eigenvalue weighted by Crippen LogP contribution is -2.60. The van der Waals surface area contributed by atoms with Gasteiger partial charge in [-0.2, -0.15) is 5.26 Å². The van der Waals surface area contributed by atoms with Crippen molar-refractivity contribution in [1.29, 1.82) is 5.26 Å². The number of nitrogens with zero attached hydrogens (tertiary/aromatic N) is 1. The van der Waals surface area contributed by atoms with Gasteiger partial charge < -0.3 is 10.2 Å². The van der Waals surface area contributed by atoms with Gasteiger partial charge in [-0.15, -0.1) is 0 Å². The monoisotopic (exact) mass is 520 g/mol. The van der Waals surface area contributed by atoms with Gasteiger partial charge in [-0.3, -0.25) is 10.1 Å². The van der Waals surface area contributed by atoms with Crippen molar-refractivity contribution in [3.63, 3.8) is 0 Å². The van der Waals surface area contributed by atoms with E-state index in [0.717, 1.165) is 6.07 Å². The molecule has 0 spiro atoms. The summed E-state index contributed by atoms with van der Waals surface area (Å²) >= 11 is 12.0. The molecule has 0 aromatic heterocycles. The highest BCUT2D eigenvalue weighted by Gasteiger charge is 2.66. The fourth-order valence-electron chi connectivity index (χ4n) is 5.78. The Morgan fingerprint density at radius 3 is 2.60 bits per heavy atom. The van der Waals surface area contributed by atoms with Gasteiger partial charge in [-0.05, 0) is 55.9 Å². The number of nitriles is 1. The third-order valence-corrected chi connectivity index (χ3v) is 7.98. The summed E-state index contributed by atoms with van der Waals surface area (Å²) in [6.45, 7) is 1.52. The lowest BCUT2D eigenvalue weighted by Gasteiger charge is -2.45. The molecule has 0 radical (unpaired) electrons. The molecule has 2 aromatic rings. The zero-order valence-corrected chi connectivity index (χ0v) is 20.3. The van der Waals surface area contributed by atoms with Crippen LogP contribution in [-0.2, 0) is 10.2 Å². The molecular weight excluding hydrogens is 497 g/mol.